The second-order valence-corrected chi connectivity index (χ2v) is 9.98. The van der Waals surface area contributed by atoms with Crippen molar-refractivity contribution in [1.29, 1.82) is 0 Å². The van der Waals surface area contributed by atoms with Crippen molar-refractivity contribution in [1.82, 2.24) is 9.88 Å². The first-order valence-electron chi connectivity index (χ1n) is 11.9. The van der Waals surface area contributed by atoms with Gasteiger partial charge in [0.1, 0.15) is 0 Å². The third-order valence-corrected chi connectivity index (χ3v) is 8.13. The number of rotatable bonds is 4. The second-order valence-electron chi connectivity index (χ2n) is 9.98. The number of hydrogen-bond donors (Lipinski definition) is 1. The van der Waals surface area contributed by atoms with E-state index in [0.717, 1.165) is 67.3 Å². The van der Waals surface area contributed by atoms with Gasteiger partial charge in [0, 0.05) is 36.4 Å². The summed E-state index contributed by atoms with van der Waals surface area (Å²) in [5.41, 5.74) is 2.59. The van der Waals surface area contributed by atoms with E-state index in [1.54, 1.807) is 6.07 Å². The van der Waals surface area contributed by atoms with Crippen LogP contribution in [0.3, 0.4) is 0 Å². The molecule has 0 bridgehead atoms. The number of benzene rings is 1. The van der Waals surface area contributed by atoms with E-state index in [4.69, 9.17) is 4.74 Å². The number of nitrogens with zero attached hydrogens (tertiary/aromatic N) is 1. The van der Waals surface area contributed by atoms with E-state index in [1.165, 1.54) is 44.2 Å². The zero-order chi connectivity index (χ0) is 21.6. The number of fused-ring (bicyclic) bond motifs is 4. The predicted octanol–water partition coefficient (Wildman–Crippen LogP) is 5.99. The minimum absolute atomic E-state index is 0.282. The van der Waals surface area contributed by atoms with Crippen LogP contribution in [0.4, 0.5) is 13.2 Å². The molecule has 2 saturated heterocycles. The Balaban J connectivity index is 1.29. The highest BCUT2D eigenvalue weighted by Gasteiger charge is 2.40. The molecule has 0 spiro atoms. The normalized spacial score (nSPS) is 27.9. The predicted molar refractivity (Wildman–Crippen MR) is 116 cm³/mol. The molecule has 1 aliphatic carbocycles. The lowest BCUT2D eigenvalue weighted by atomic mass is 9.68. The summed E-state index contributed by atoms with van der Waals surface area (Å²) in [5.74, 6) is 2.25. The summed E-state index contributed by atoms with van der Waals surface area (Å²) in [5, 5.41) is 0.771. The monoisotopic (exact) mass is 434 g/mol. The van der Waals surface area contributed by atoms with Crippen molar-refractivity contribution in [2.75, 3.05) is 32.8 Å². The van der Waals surface area contributed by atoms with Crippen molar-refractivity contribution in [3.8, 4) is 0 Å². The van der Waals surface area contributed by atoms with Crippen LogP contribution in [0.15, 0.2) is 18.2 Å². The fourth-order valence-corrected chi connectivity index (χ4v) is 6.36. The Kier molecular flexibility index (Phi) is 5.80. The van der Waals surface area contributed by atoms with Gasteiger partial charge in [0.15, 0.2) is 0 Å². The van der Waals surface area contributed by atoms with Gasteiger partial charge in [0.25, 0.3) is 0 Å². The Bertz CT molecular complexity index is 915. The number of piperidine rings is 1. The Labute approximate surface area is 182 Å². The van der Waals surface area contributed by atoms with Crippen LogP contribution in [0, 0.1) is 17.8 Å². The van der Waals surface area contributed by atoms with Gasteiger partial charge in [0.05, 0.1) is 5.56 Å². The first kappa shape index (κ1) is 21.3. The van der Waals surface area contributed by atoms with Crippen molar-refractivity contribution < 1.29 is 17.9 Å². The molecule has 3 aliphatic rings. The fourth-order valence-electron chi connectivity index (χ4n) is 6.36. The number of nitrogens with one attached hydrogen (secondary N) is 1. The Morgan fingerprint density at radius 1 is 1.16 bits per heavy atom. The molecule has 2 aromatic rings. The average molecular weight is 435 g/mol. The molecule has 2 aliphatic heterocycles. The largest absolute Gasteiger partial charge is 0.416 e. The number of halogens is 3. The van der Waals surface area contributed by atoms with E-state index < -0.39 is 11.7 Å². The maximum absolute atomic E-state index is 13.3. The van der Waals surface area contributed by atoms with Crippen LogP contribution in [0.2, 0.25) is 0 Å². The number of ether oxygens (including phenoxy) is 1. The zero-order valence-corrected chi connectivity index (χ0v) is 18.3. The van der Waals surface area contributed by atoms with Crippen LogP contribution >= 0.6 is 0 Å². The zero-order valence-electron chi connectivity index (χ0n) is 18.3. The maximum atomic E-state index is 13.3. The Morgan fingerprint density at radius 3 is 2.74 bits per heavy atom. The van der Waals surface area contributed by atoms with Crippen LogP contribution < -0.4 is 0 Å². The van der Waals surface area contributed by atoms with Crippen molar-refractivity contribution in [2.45, 2.75) is 57.5 Å². The minimum Gasteiger partial charge on any atom is -0.381 e. The fraction of sp³-hybridized carbons (Fsp3) is 0.680. The van der Waals surface area contributed by atoms with Crippen LogP contribution in [0.5, 0.6) is 0 Å². The quantitative estimate of drug-likeness (QED) is 0.640. The molecule has 0 radical (unpaired) electrons. The highest BCUT2D eigenvalue weighted by atomic mass is 19.4. The molecular formula is C25H33F3N2O. The van der Waals surface area contributed by atoms with Crippen LogP contribution in [-0.4, -0.2) is 42.7 Å². The third-order valence-electron chi connectivity index (χ3n) is 8.13. The molecule has 170 valence electrons. The van der Waals surface area contributed by atoms with E-state index in [1.807, 2.05) is 0 Å². The number of H-pyrrole nitrogens is 1. The van der Waals surface area contributed by atoms with Gasteiger partial charge < -0.3 is 14.6 Å². The van der Waals surface area contributed by atoms with Gasteiger partial charge in [-0.3, -0.25) is 0 Å². The van der Waals surface area contributed by atoms with E-state index in [-0.39, 0.29) is 5.92 Å². The number of alkyl halides is 3. The first-order valence-corrected chi connectivity index (χ1v) is 11.9. The van der Waals surface area contributed by atoms with Crippen LogP contribution in [0.25, 0.3) is 10.9 Å². The van der Waals surface area contributed by atoms with Gasteiger partial charge in [-0.25, -0.2) is 0 Å². The smallest absolute Gasteiger partial charge is 0.381 e. The number of likely N-dealkylation sites (tertiary alicyclic amines) is 1. The molecular weight excluding hydrogens is 401 g/mol. The Hall–Kier alpha value is -1.53. The summed E-state index contributed by atoms with van der Waals surface area (Å²) in [6.07, 6.45) is 2.78. The average Bonchev–Trinajstić information content (AvgIpc) is 3.12. The molecule has 1 N–H and O–H groups in total. The molecule has 3 heterocycles. The van der Waals surface area contributed by atoms with Gasteiger partial charge in [0.2, 0.25) is 0 Å². The van der Waals surface area contributed by atoms with Crippen LogP contribution in [-0.2, 0) is 17.3 Å². The van der Waals surface area contributed by atoms with Crippen molar-refractivity contribution in [2.24, 2.45) is 17.8 Å². The number of aromatic amines is 1. The summed E-state index contributed by atoms with van der Waals surface area (Å²) in [6, 6.07) is 4.16. The lowest BCUT2D eigenvalue weighted by Gasteiger charge is -2.44. The van der Waals surface area contributed by atoms with Crippen LogP contribution in [0.1, 0.15) is 61.8 Å². The van der Waals surface area contributed by atoms with Gasteiger partial charge >= 0.3 is 6.18 Å². The summed E-state index contributed by atoms with van der Waals surface area (Å²) in [4.78, 5) is 6.06. The third kappa shape index (κ3) is 4.25. The van der Waals surface area contributed by atoms with E-state index in [2.05, 4.69) is 16.8 Å². The molecule has 1 aromatic carbocycles. The lowest BCUT2D eigenvalue weighted by Crippen LogP contribution is -2.45. The number of aromatic nitrogens is 1. The summed E-state index contributed by atoms with van der Waals surface area (Å²) >= 11 is 0. The van der Waals surface area contributed by atoms with E-state index >= 15 is 0 Å². The molecule has 5 rings (SSSR count). The summed E-state index contributed by atoms with van der Waals surface area (Å²) < 4.78 is 45.4. The molecule has 1 aromatic heterocycles. The maximum Gasteiger partial charge on any atom is 0.416 e. The minimum atomic E-state index is -4.30. The van der Waals surface area contributed by atoms with Gasteiger partial charge in [-0.2, -0.15) is 13.2 Å². The van der Waals surface area contributed by atoms with E-state index in [0.29, 0.717) is 11.8 Å². The van der Waals surface area contributed by atoms with Gasteiger partial charge in [-0.15, -0.1) is 0 Å². The van der Waals surface area contributed by atoms with Gasteiger partial charge in [-0.05, 0) is 99.0 Å². The van der Waals surface area contributed by atoms with Crippen molar-refractivity contribution >= 4 is 10.9 Å². The first-order chi connectivity index (χ1) is 14.9. The summed E-state index contributed by atoms with van der Waals surface area (Å²) in [6.45, 7) is 7.43. The molecule has 31 heavy (non-hydrogen) atoms. The molecule has 3 unspecified atom stereocenters. The van der Waals surface area contributed by atoms with E-state index in [9.17, 15) is 13.2 Å². The summed E-state index contributed by atoms with van der Waals surface area (Å²) in [7, 11) is 0. The Morgan fingerprint density at radius 2 is 1.97 bits per heavy atom. The molecule has 0 saturated carbocycles. The SMILES string of the molecule is CC1c2c([nH]c3ccc(C(F)(F)F)cc23)CC2CCN(CCCC3CCOCC3)CC21. The highest BCUT2D eigenvalue weighted by Crippen LogP contribution is 2.47. The molecule has 3 atom stereocenters. The topological polar surface area (TPSA) is 28.3 Å². The van der Waals surface area contributed by atoms with Crippen molar-refractivity contribution in [3.05, 3.63) is 35.0 Å². The lowest BCUT2D eigenvalue weighted by molar-refractivity contribution is -0.137. The van der Waals surface area contributed by atoms with Crippen molar-refractivity contribution in [3.63, 3.8) is 0 Å². The molecule has 6 heteroatoms. The molecule has 3 nitrogen and oxygen atoms in total. The second kappa shape index (κ2) is 8.43. The molecule has 2 fully saturated rings. The van der Waals surface area contributed by atoms with Gasteiger partial charge in [-0.1, -0.05) is 6.92 Å². The highest BCUT2D eigenvalue weighted by molar-refractivity contribution is 5.86. The molecule has 0 amide bonds. The number of hydrogen-bond acceptors (Lipinski definition) is 2. The standard InChI is InChI=1S/C25H33F3N2O/c1-16-21-15-30(9-2-3-17-7-11-31-12-8-17)10-6-18(21)13-23-24(16)20-14-19(25(26,27)28)4-5-22(20)29-23/h4-5,14,16-18,21,29H,2-3,6-13,15H2,1H3.